The number of nitrogens with zero attached hydrogens (tertiary/aromatic N) is 3. The molecule has 5 nitrogen and oxygen atoms in total. The van der Waals surface area contributed by atoms with Gasteiger partial charge in [0.2, 0.25) is 5.91 Å². The maximum Gasteiger partial charge on any atom is 0.220 e. The molecular weight excluding hydrogens is 384 g/mol. The van der Waals surface area contributed by atoms with Crippen molar-refractivity contribution in [2.45, 2.75) is 65.6 Å². The zero-order valence-corrected chi connectivity index (χ0v) is 18.4. The Hall–Kier alpha value is -1.85. The summed E-state index contributed by atoms with van der Waals surface area (Å²) < 4.78 is 2.06. The molecule has 0 saturated carbocycles. The number of halogens is 1. The van der Waals surface area contributed by atoms with Crippen molar-refractivity contribution in [1.82, 2.24) is 20.0 Å². The van der Waals surface area contributed by atoms with E-state index in [1.807, 2.05) is 24.3 Å². The summed E-state index contributed by atoms with van der Waals surface area (Å²) in [6.45, 7) is 8.92. The first-order chi connectivity index (χ1) is 14.0. The molecule has 158 valence electrons. The van der Waals surface area contributed by atoms with Crippen molar-refractivity contribution >= 4 is 17.5 Å². The number of carbonyl (C=O) groups excluding carboxylic acids is 1. The lowest BCUT2D eigenvalue weighted by molar-refractivity contribution is -0.121. The first kappa shape index (κ1) is 21.8. The van der Waals surface area contributed by atoms with Crippen LogP contribution in [0.1, 0.15) is 55.8 Å². The van der Waals surface area contributed by atoms with Gasteiger partial charge in [-0.25, -0.2) is 0 Å². The van der Waals surface area contributed by atoms with Gasteiger partial charge in [-0.05, 0) is 56.7 Å². The van der Waals surface area contributed by atoms with Gasteiger partial charge in [-0.3, -0.25) is 14.4 Å². The molecule has 2 aromatic rings. The summed E-state index contributed by atoms with van der Waals surface area (Å²) in [5.74, 6) is 0.694. The SMILES string of the molecule is CCCn1cc(CN2CCCC(CCC(=O)NCc3ccccc3Cl)C2)c(C)n1. The molecule has 0 aliphatic carbocycles. The molecule has 0 radical (unpaired) electrons. The molecule has 6 heteroatoms. The Balaban J connectivity index is 1.42. The van der Waals surface area contributed by atoms with Crippen LogP contribution in [0.15, 0.2) is 30.5 Å². The maximum atomic E-state index is 12.3. The summed E-state index contributed by atoms with van der Waals surface area (Å²) in [6, 6.07) is 7.65. The van der Waals surface area contributed by atoms with Gasteiger partial charge in [-0.15, -0.1) is 0 Å². The van der Waals surface area contributed by atoms with Gasteiger partial charge < -0.3 is 5.32 Å². The topological polar surface area (TPSA) is 50.2 Å². The molecule has 1 aliphatic rings. The summed E-state index contributed by atoms with van der Waals surface area (Å²) in [6.07, 6.45) is 7.24. The van der Waals surface area contributed by atoms with E-state index in [9.17, 15) is 4.79 Å². The average Bonchev–Trinajstić information content (AvgIpc) is 3.05. The lowest BCUT2D eigenvalue weighted by atomic mass is 9.93. The molecule has 1 unspecified atom stereocenters. The normalized spacial score (nSPS) is 17.4. The number of hydrogen-bond donors (Lipinski definition) is 1. The van der Waals surface area contributed by atoms with Crippen LogP contribution in [-0.4, -0.2) is 33.7 Å². The van der Waals surface area contributed by atoms with Gasteiger partial charge in [-0.2, -0.15) is 5.10 Å². The van der Waals surface area contributed by atoms with Crippen molar-refractivity contribution in [2.24, 2.45) is 5.92 Å². The fourth-order valence-electron chi connectivity index (χ4n) is 4.09. The Kier molecular flexibility index (Phi) is 8.13. The second kappa shape index (κ2) is 10.8. The van der Waals surface area contributed by atoms with Crippen LogP contribution in [0.25, 0.3) is 0 Å². The van der Waals surface area contributed by atoms with Crippen LogP contribution in [0, 0.1) is 12.8 Å². The van der Waals surface area contributed by atoms with E-state index in [0.717, 1.165) is 50.3 Å². The van der Waals surface area contributed by atoms with Crippen LogP contribution in [0.4, 0.5) is 0 Å². The Labute approximate surface area is 179 Å². The Bertz CT molecular complexity index is 804. The van der Waals surface area contributed by atoms with Gasteiger partial charge in [0, 0.05) is 49.4 Å². The third-order valence-corrected chi connectivity index (χ3v) is 6.08. The molecule has 0 spiro atoms. The standard InChI is InChI=1S/C23H33ClN4O/c1-3-12-28-17-21(18(2)26-28)16-27-13-6-7-19(15-27)10-11-23(29)25-14-20-8-4-5-9-22(20)24/h4-5,8-9,17,19H,3,6-7,10-16H2,1-2H3,(H,25,29). The fourth-order valence-corrected chi connectivity index (χ4v) is 4.29. The van der Waals surface area contributed by atoms with Crippen LogP contribution in [-0.2, 0) is 24.4 Å². The fraction of sp³-hybridized carbons (Fsp3) is 0.565. The third-order valence-electron chi connectivity index (χ3n) is 5.71. The predicted octanol–water partition coefficient (Wildman–Crippen LogP) is 4.56. The first-order valence-corrected chi connectivity index (χ1v) is 11.2. The minimum absolute atomic E-state index is 0.110. The zero-order valence-electron chi connectivity index (χ0n) is 17.7. The molecule has 0 bridgehead atoms. The molecular formula is C23H33ClN4O. The van der Waals surface area contributed by atoms with Crippen molar-refractivity contribution in [1.29, 1.82) is 0 Å². The van der Waals surface area contributed by atoms with Crippen LogP contribution < -0.4 is 5.32 Å². The molecule has 29 heavy (non-hydrogen) atoms. The number of aromatic nitrogens is 2. The molecule has 1 aromatic carbocycles. The Morgan fingerprint density at radius 2 is 2.14 bits per heavy atom. The lowest BCUT2D eigenvalue weighted by Crippen LogP contribution is -2.35. The van der Waals surface area contributed by atoms with E-state index in [1.54, 1.807) is 0 Å². The average molecular weight is 417 g/mol. The van der Waals surface area contributed by atoms with Gasteiger partial charge in [0.05, 0.1) is 5.69 Å². The number of amides is 1. The number of piperidine rings is 1. The quantitative estimate of drug-likeness (QED) is 0.651. The van der Waals surface area contributed by atoms with Crippen LogP contribution in [0.5, 0.6) is 0 Å². The summed E-state index contributed by atoms with van der Waals surface area (Å²) >= 11 is 6.16. The van der Waals surface area contributed by atoms with E-state index in [1.165, 1.54) is 18.4 Å². The number of benzene rings is 1. The van der Waals surface area contributed by atoms with Gasteiger partial charge in [-0.1, -0.05) is 36.7 Å². The Morgan fingerprint density at radius 3 is 2.93 bits per heavy atom. The zero-order chi connectivity index (χ0) is 20.6. The molecule has 2 heterocycles. The number of likely N-dealkylation sites (tertiary alicyclic amines) is 1. The van der Waals surface area contributed by atoms with Crippen LogP contribution in [0.3, 0.4) is 0 Å². The summed E-state index contributed by atoms with van der Waals surface area (Å²) in [5.41, 5.74) is 3.43. The highest BCUT2D eigenvalue weighted by molar-refractivity contribution is 6.31. The smallest absolute Gasteiger partial charge is 0.220 e. The second-order valence-electron chi connectivity index (χ2n) is 8.15. The van der Waals surface area contributed by atoms with Crippen molar-refractivity contribution in [3.05, 3.63) is 52.3 Å². The number of carbonyl (C=O) groups is 1. The van der Waals surface area contributed by atoms with Crippen molar-refractivity contribution in [3.63, 3.8) is 0 Å². The monoisotopic (exact) mass is 416 g/mol. The van der Waals surface area contributed by atoms with Gasteiger partial charge >= 0.3 is 0 Å². The highest BCUT2D eigenvalue weighted by Crippen LogP contribution is 2.23. The van der Waals surface area contributed by atoms with Crippen molar-refractivity contribution < 1.29 is 4.79 Å². The highest BCUT2D eigenvalue weighted by atomic mass is 35.5. The highest BCUT2D eigenvalue weighted by Gasteiger charge is 2.21. The van der Waals surface area contributed by atoms with E-state index < -0.39 is 0 Å². The van der Waals surface area contributed by atoms with Crippen LogP contribution in [0.2, 0.25) is 5.02 Å². The number of nitrogens with one attached hydrogen (secondary N) is 1. The van der Waals surface area contributed by atoms with E-state index in [2.05, 4.69) is 40.0 Å². The summed E-state index contributed by atoms with van der Waals surface area (Å²) in [7, 11) is 0. The Morgan fingerprint density at radius 1 is 1.31 bits per heavy atom. The van der Waals surface area contributed by atoms with Gasteiger partial charge in [0.25, 0.3) is 0 Å². The molecule has 1 saturated heterocycles. The molecule has 1 fully saturated rings. The predicted molar refractivity (Wildman–Crippen MR) is 118 cm³/mol. The molecule has 1 atom stereocenters. The second-order valence-corrected chi connectivity index (χ2v) is 8.56. The number of hydrogen-bond acceptors (Lipinski definition) is 3. The minimum atomic E-state index is 0.110. The molecule has 3 rings (SSSR count). The largest absolute Gasteiger partial charge is 0.352 e. The van der Waals surface area contributed by atoms with Gasteiger partial charge in [0.1, 0.15) is 0 Å². The summed E-state index contributed by atoms with van der Waals surface area (Å²) in [5, 5.41) is 8.33. The molecule has 1 aliphatic heterocycles. The van der Waals surface area contributed by atoms with Crippen molar-refractivity contribution in [3.8, 4) is 0 Å². The van der Waals surface area contributed by atoms with E-state index in [4.69, 9.17) is 11.6 Å². The van der Waals surface area contributed by atoms with E-state index in [0.29, 0.717) is 23.9 Å². The molecule has 1 N–H and O–H groups in total. The van der Waals surface area contributed by atoms with Crippen molar-refractivity contribution in [2.75, 3.05) is 13.1 Å². The summed E-state index contributed by atoms with van der Waals surface area (Å²) in [4.78, 5) is 14.8. The first-order valence-electron chi connectivity index (χ1n) is 10.8. The van der Waals surface area contributed by atoms with E-state index in [-0.39, 0.29) is 5.91 Å². The molecule has 1 aromatic heterocycles. The molecule has 1 amide bonds. The number of aryl methyl sites for hydroxylation is 2. The van der Waals surface area contributed by atoms with Crippen LogP contribution >= 0.6 is 11.6 Å². The third kappa shape index (κ3) is 6.58. The van der Waals surface area contributed by atoms with E-state index >= 15 is 0 Å². The maximum absolute atomic E-state index is 12.3. The van der Waals surface area contributed by atoms with Gasteiger partial charge in [0.15, 0.2) is 0 Å². The lowest BCUT2D eigenvalue weighted by Gasteiger charge is -2.32. The number of rotatable bonds is 9. The minimum Gasteiger partial charge on any atom is -0.352 e.